The fourth-order valence-electron chi connectivity index (χ4n) is 1.40. The number of carbonyl (C=O) groups excluding carboxylic acids is 1. The molecule has 0 fully saturated rings. The van der Waals surface area contributed by atoms with E-state index in [0.29, 0.717) is 5.57 Å². The number of fused-ring (bicyclic) bond motifs is 1. The van der Waals surface area contributed by atoms with Gasteiger partial charge in [-0.15, -0.1) is 0 Å². The Hall–Kier alpha value is -1.40. The Bertz CT molecular complexity index is 483. The van der Waals surface area contributed by atoms with Crippen molar-refractivity contribution < 1.29 is 17.9 Å². The van der Waals surface area contributed by atoms with Crippen LogP contribution in [0.1, 0.15) is 0 Å². The van der Waals surface area contributed by atoms with Crippen molar-refractivity contribution in [1.29, 1.82) is 0 Å². The highest BCUT2D eigenvalue weighted by Gasteiger charge is 2.38. The van der Waals surface area contributed by atoms with Crippen LogP contribution >= 0.6 is 0 Å². The molecule has 14 heavy (non-hydrogen) atoms. The summed E-state index contributed by atoms with van der Waals surface area (Å²) in [4.78, 5) is 10.7. The number of primary sulfonamides is 1. The number of nitrogens with two attached hydrogens (primary N) is 1. The van der Waals surface area contributed by atoms with Crippen molar-refractivity contribution in [2.45, 2.75) is 6.10 Å². The number of carbonyl (C=O) groups is 1. The summed E-state index contributed by atoms with van der Waals surface area (Å²) in [6, 6.07) is 0. The fourth-order valence-corrected chi connectivity index (χ4v) is 2.19. The highest BCUT2D eigenvalue weighted by atomic mass is 32.2. The lowest BCUT2D eigenvalue weighted by atomic mass is 10.1. The molecule has 0 aromatic carbocycles. The predicted molar refractivity (Wildman–Crippen MR) is 48.3 cm³/mol. The standard InChI is InChI=1S/C8H7NO4S/c9-14(11,12)7-5-3-1-2-4-6(5)13-8(7)10/h1-4,6H,(H2,9,11,12). The molecule has 1 aliphatic carbocycles. The Balaban J connectivity index is 2.63. The molecule has 0 amide bonds. The second kappa shape index (κ2) is 2.79. The lowest BCUT2D eigenvalue weighted by Crippen LogP contribution is -2.19. The van der Waals surface area contributed by atoms with E-state index in [0.717, 1.165) is 0 Å². The third kappa shape index (κ3) is 1.28. The van der Waals surface area contributed by atoms with Crippen LogP contribution in [-0.4, -0.2) is 20.5 Å². The maximum atomic E-state index is 11.2. The number of rotatable bonds is 1. The minimum atomic E-state index is -4.00. The molecule has 0 saturated carbocycles. The molecule has 0 saturated heterocycles. The molecule has 0 aromatic rings. The van der Waals surface area contributed by atoms with Gasteiger partial charge in [-0.05, 0) is 6.08 Å². The molecule has 0 radical (unpaired) electrons. The first-order chi connectivity index (χ1) is 6.50. The van der Waals surface area contributed by atoms with Gasteiger partial charge in [0.25, 0.3) is 0 Å². The van der Waals surface area contributed by atoms with E-state index in [9.17, 15) is 13.2 Å². The first-order valence-electron chi connectivity index (χ1n) is 3.83. The molecule has 1 atom stereocenters. The van der Waals surface area contributed by atoms with E-state index in [4.69, 9.17) is 9.88 Å². The van der Waals surface area contributed by atoms with E-state index in [2.05, 4.69) is 0 Å². The molecule has 0 spiro atoms. The van der Waals surface area contributed by atoms with Crippen molar-refractivity contribution in [3.8, 4) is 0 Å². The molecule has 5 nitrogen and oxygen atoms in total. The quantitative estimate of drug-likeness (QED) is 0.599. The molecule has 6 heteroatoms. The Morgan fingerprint density at radius 2 is 2.07 bits per heavy atom. The molecule has 2 rings (SSSR count). The molecule has 74 valence electrons. The van der Waals surface area contributed by atoms with E-state index in [1.54, 1.807) is 18.2 Å². The van der Waals surface area contributed by atoms with Gasteiger partial charge < -0.3 is 4.74 Å². The van der Waals surface area contributed by atoms with Gasteiger partial charge in [0, 0.05) is 5.57 Å². The number of esters is 1. The number of ether oxygens (including phenoxy) is 1. The summed E-state index contributed by atoms with van der Waals surface area (Å²) < 4.78 is 26.9. The summed E-state index contributed by atoms with van der Waals surface area (Å²) in [5.41, 5.74) is 0.306. The summed E-state index contributed by atoms with van der Waals surface area (Å²) in [5.74, 6) is -0.885. The van der Waals surface area contributed by atoms with E-state index in [1.165, 1.54) is 6.08 Å². The minimum Gasteiger partial charge on any atom is -0.449 e. The topological polar surface area (TPSA) is 86.5 Å². The van der Waals surface area contributed by atoms with Gasteiger partial charge in [0.1, 0.15) is 6.10 Å². The summed E-state index contributed by atoms with van der Waals surface area (Å²) >= 11 is 0. The van der Waals surface area contributed by atoms with Crippen LogP contribution in [-0.2, 0) is 19.6 Å². The molecule has 0 bridgehead atoms. The molecule has 2 aliphatic rings. The zero-order valence-corrected chi connectivity index (χ0v) is 7.82. The van der Waals surface area contributed by atoms with Crippen LogP contribution in [0.5, 0.6) is 0 Å². The van der Waals surface area contributed by atoms with E-state index in [-0.39, 0.29) is 0 Å². The second-order valence-corrected chi connectivity index (χ2v) is 4.40. The summed E-state index contributed by atoms with van der Waals surface area (Å²) in [5, 5.41) is 4.89. The van der Waals surface area contributed by atoms with Gasteiger partial charge in [-0.3, -0.25) is 0 Å². The molecule has 1 unspecified atom stereocenters. The SMILES string of the molecule is NS(=O)(=O)C1=C2C=CC=CC2OC1=O. The number of sulfonamides is 1. The van der Waals surface area contributed by atoms with Crippen LogP contribution in [0.4, 0.5) is 0 Å². The predicted octanol–water partition coefficient (Wildman–Crippen LogP) is -0.420. The first-order valence-corrected chi connectivity index (χ1v) is 5.37. The normalized spacial score (nSPS) is 25.2. The minimum absolute atomic E-state index is 0.306. The van der Waals surface area contributed by atoms with Crippen molar-refractivity contribution in [2.75, 3.05) is 0 Å². The molecule has 0 aromatic heterocycles. The summed E-state index contributed by atoms with van der Waals surface area (Å²) in [6.07, 6.45) is 5.79. The smallest absolute Gasteiger partial charge is 0.352 e. The van der Waals surface area contributed by atoms with Crippen molar-refractivity contribution in [3.05, 3.63) is 34.8 Å². The zero-order chi connectivity index (χ0) is 10.3. The van der Waals surface area contributed by atoms with Crippen LogP contribution in [0, 0.1) is 0 Å². The van der Waals surface area contributed by atoms with Gasteiger partial charge in [0.15, 0.2) is 4.91 Å². The Morgan fingerprint density at radius 1 is 1.36 bits per heavy atom. The first kappa shape index (κ1) is 9.17. The average Bonchev–Trinajstić information content (AvgIpc) is 2.38. The maximum absolute atomic E-state index is 11.2. The van der Waals surface area contributed by atoms with Crippen molar-refractivity contribution in [1.82, 2.24) is 0 Å². The lowest BCUT2D eigenvalue weighted by Gasteiger charge is -2.07. The number of hydrogen-bond donors (Lipinski definition) is 1. The van der Waals surface area contributed by atoms with Gasteiger partial charge in [-0.2, -0.15) is 0 Å². The second-order valence-electron chi connectivity index (χ2n) is 2.90. The van der Waals surface area contributed by atoms with Crippen molar-refractivity contribution in [2.24, 2.45) is 5.14 Å². The number of allylic oxidation sites excluding steroid dienone is 2. The molecule has 1 heterocycles. The third-order valence-electron chi connectivity index (χ3n) is 1.95. The molecular weight excluding hydrogens is 206 g/mol. The van der Waals surface area contributed by atoms with Crippen molar-refractivity contribution in [3.63, 3.8) is 0 Å². The van der Waals surface area contributed by atoms with Crippen LogP contribution in [0.15, 0.2) is 34.8 Å². The van der Waals surface area contributed by atoms with Gasteiger partial charge in [0.05, 0.1) is 0 Å². The molecular formula is C8H7NO4S. The van der Waals surface area contributed by atoms with Crippen molar-refractivity contribution >= 4 is 16.0 Å². The van der Waals surface area contributed by atoms with Gasteiger partial charge in [-0.25, -0.2) is 18.4 Å². The highest BCUT2D eigenvalue weighted by molar-refractivity contribution is 7.94. The van der Waals surface area contributed by atoms with Gasteiger partial charge >= 0.3 is 5.97 Å². The van der Waals surface area contributed by atoms with E-state index >= 15 is 0 Å². The Kier molecular flexibility index (Phi) is 1.83. The Morgan fingerprint density at radius 3 is 2.71 bits per heavy atom. The zero-order valence-electron chi connectivity index (χ0n) is 7.01. The monoisotopic (exact) mass is 213 g/mol. The average molecular weight is 213 g/mol. The fraction of sp³-hybridized carbons (Fsp3) is 0.125. The maximum Gasteiger partial charge on any atom is 0.352 e. The van der Waals surface area contributed by atoms with E-state index in [1.807, 2.05) is 0 Å². The Labute approximate surface area is 80.6 Å². The highest BCUT2D eigenvalue weighted by Crippen LogP contribution is 2.29. The third-order valence-corrected chi connectivity index (χ3v) is 2.92. The van der Waals surface area contributed by atoms with Gasteiger partial charge in [0.2, 0.25) is 10.0 Å². The summed E-state index contributed by atoms with van der Waals surface area (Å²) in [7, 11) is -4.00. The van der Waals surface area contributed by atoms with Crippen LogP contribution in [0.3, 0.4) is 0 Å². The number of hydrogen-bond acceptors (Lipinski definition) is 4. The van der Waals surface area contributed by atoms with Crippen LogP contribution < -0.4 is 5.14 Å². The van der Waals surface area contributed by atoms with E-state index < -0.39 is 27.0 Å². The van der Waals surface area contributed by atoms with Crippen LogP contribution in [0.2, 0.25) is 0 Å². The van der Waals surface area contributed by atoms with Gasteiger partial charge in [-0.1, -0.05) is 18.2 Å². The lowest BCUT2D eigenvalue weighted by molar-refractivity contribution is -0.137. The molecule has 2 N–H and O–H groups in total. The molecule has 1 aliphatic heterocycles. The van der Waals surface area contributed by atoms with Crippen LogP contribution in [0.25, 0.3) is 0 Å². The largest absolute Gasteiger partial charge is 0.449 e. The summed E-state index contributed by atoms with van der Waals surface area (Å²) in [6.45, 7) is 0.